The second-order valence-electron chi connectivity index (χ2n) is 2.72. The normalized spacial score (nSPS) is 10.6. The minimum Gasteiger partial charge on any atom is -0.476 e. The van der Waals surface area contributed by atoms with Gasteiger partial charge in [-0.05, 0) is 6.07 Å². The van der Waals surface area contributed by atoms with Crippen molar-refractivity contribution in [3.05, 3.63) is 29.8 Å². The number of nitrogens with zero attached hydrogens (tertiary/aromatic N) is 2. The number of halogens is 1. The molecule has 0 saturated carbocycles. The van der Waals surface area contributed by atoms with Crippen molar-refractivity contribution in [3.63, 3.8) is 0 Å². The van der Waals surface area contributed by atoms with Crippen molar-refractivity contribution < 1.29 is 14.3 Å². The maximum absolute atomic E-state index is 12.7. The van der Waals surface area contributed by atoms with Gasteiger partial charge in [0.05, 0.1) is 0 Å². The third-order valence-electron chi connectivity index (χ3n) is 1.83. The lowest BCUT2D eigenvalue weighted by Crippen LogP contribution is -2.02. The average Bonchev–Trinajstić information content (AvgIpc) is 2.43. The standard InChI is InChI=1S/C8H6FN3O2/c9-4-1-2-12-5(3-4)11-6(7(12)10)8(13)14/h1-3H,10H2,(H,13,14). The van der Waals surface area contributed by atoms with Crippen molar-refractivity contribution in [1.82, 2.24) is 9.38 Å². The molecule has 14 heavy (non-hydrogen) atoms. The summed E-state index contributed by atoms with van der Waals surface area (Å²) in [5.74, 6) is -1.72. The molecule has 2 heterocycles. The van der Waals surface area contributed by atoms with Crippen LogP contribution in [0.1, 0.15) is 10.5 Å². The first-order chi connectivity index (χ1) is 6.59. The molecule has 0 fully saturated rings. The number of carbonyl (C=O) groups is 1. The summed E-state index contributed by atoms with van der Waals surface area (Å²) in [6.07, 6.45) is 1.33. The molecule has 0 aliphatic carbocycles. The molecule has 0 spiro atoms. The number of aromatic carboxylic acids is 1. The van der Waals surface area contributed by atoms with E-state index in [1.165, 1.54) is 16.7 Å². The van der Waals surface area contributed by atoms with E-state index in [0.717, 1.165) is 6.07 Å². The second-order valence-corrected chi connectivity index (χ2v) is 2.72. The molecule has 2 aromatic rings. The zero-order valence-corrected chi connectivity index (χ0v) is 6.94. The van der Waals surface area contributed by atoms with Crippen LogP contribution in [0.4, 0.5) is 10.2 Å². The monoisotopic (exact) mass is 195 g/mol. The molecule has 3 N–H and O–H groups in total. The molecule has 6 heteroatoms. The van der Waals surface area contributed by atoms with Crippen molar-refractivity contribution in [2.45, 2.75) is 0 Å². The molecule has 0 bridgehead atoms. The van der Waals surface area contributed by atoms with E-state index < -0.39 is 11.8 Å². The van der Waals surface area contributed by atoms with Crippen LogP contribution in [-0.4, -0.2) is 20.5 Å². The molecule has 2 rings (SSSR count). The zero-order chi connectivity index (χ0) is 10.3. The molecule has 0 atom stereocenters. The molecule has 0 aliphatic rings. The molecule has 72 valence electrons. The van der Waals surface area contributed by atoms with E-state index in [1.807, 2.05) is 0 Å². The van der Waals surface area contributed by atoms with Crippen LogP contribution in [0.2, 0.25) is 0 Å². The average molecular weight is 195 g/mol. The number of carboxylic acids is 1. The lowest BCUT2D eigenvalue weighted by molar-refractivity contribution is 0.0692. The predicted octanol–water partition coefficient (Wildman–Crippen LogP) is 0.754. The summed E-state index contributed by atoms with van der Waals surface area (Å²) in [7, 11) is 0. The van der Waals surface area contributed by atoms with Gasteiger partial charge in [-0.15, -0.1) is 0 Å². The number of hydrogen-bond donors (Lipinski definition) is 2. The maximum Gasteiger partial charge on any atom is 0.358 e. The van der Waals surface area contributed by atoms with Crippen molar-refractivity contribution in [2.75, 3.05) is 5.73 Å². The molecule has 0 aromatic carbocycles. The Kier molecular flexibility index (Phi) is 1.63. The summed E-state index contributed by atoms with van der Waals surface area (Å²) >= 11 is 0. The minimum atomic E-state index is -1.23. The number of pyridine rings is 1. The van der Waals surface area contributed by atoms with Crippen molar-refractivity contribution in [3.8, 4) is 0 Å². The lowest BCUT2D eigenvalue weighted by Gasteiger charge is -1.94. The first-order valence-electron chi connectivity index (χ1n) is 3.76. The van der Waals surface area contributed by atoms with Gasteiger partial charge >= 0.3 is 5.97 Å². The Morgan fingerprint density at radius 3 is 3.00 bits per heavy atom. The highest BCUT2D eigenvalue weighted by molar-refractivity contribution is 5.91. The van der Waals surface area contributed by atoms with Crippen LogP contribution >= 0.6 is 0 Å². The first kappa shape index (κ1) is 8.49. The maximum atomic E-state index is 12.7. The van der Waals surface area contributed by atoms with Gasteiger partial charge in [0.1, 0.15) is 17.3 Å². The van der Waals surface area contributed by atoms with Gasteiger partial charge in [-0.1, -0.05) is 0 Å². The number of aromatic nitrogens is 2. The van der Waals surface area contributed by atoms with Gasteiger partial charge in [0.25, 0.3) is 0 Å². The third-order valence-corrected chi connectivity index (χ3v) is 1.83. The number of hydrogen-bond acceptors (Lipinski definition) is 3. The number of nitrogens with two attached hydrogens (primary N) is 1. The Morgan fingerprint density at radius 2 is 2.36 bits per heavy atom. The van der Waals surface area contributed by atoms with Gasteiger partial charge < -0.3 is 10.8 Å². The molecule has 0 amide bonds. The van der Waals surface area contributed by atoms with Gasteiger partial charge in [-0.25, -0.2) is 14.2 Å². The summed E-state index contributed by atoms with van der Waals surface area (Å²) in [6.45, 7) is 0. The predicted molar refractivity (Wildman–Crippen MR) is 46.5 cm³/mol. The van der Waals surface area contributed by atoms with Crippen LogP contribution in [0.5, 0.6) is 0 Å². The Labute approximate surface area is 77.6 Å². The topological polar surface area (TPSA) is 80.6 Å². The van der Waals surface area contributed by atoms with E-state index in [4.69, 9.17) is 10.8 Å². The summed E-state index contributed by atoms with van der Waals surface area (Å²) in [5.41, 5.74) is 5.40. The number of anilines is 1. The molecule has 0 aliphatic heterocycles. The van der Waals surface area contributed by atoms with E-state index in [0.29, 0.717) is 0 Å². The molecule has 5 nitrogen and oxygen atoms in total. The van der Waals surface area contributed by atoms with Crippen LogP contribution in [0, 0.1) is 5.82 Å². The van der Waals surface area contributed by atoms with Crippen molar-refractivity contribution in [2.24, 2.45) is 0 Å². The summed E-state index contributed by atoms with van der Waals surface area (Å²) < 4.78 is 14.0. The Hall–Kier alpha value is -2.11. The van der Waals surface area contributed by atoms with Gasteiger partial charge in [0.15, 0.2) is 5.69 Å². The van der Waals surface area contributed by atoms with Gasteiger partial charge in [-0.2, -0.15) is 0 Å². The molecule has 0 radical (unpaired) electrons. The number of carboxylic acid groups (broad SMARTS) is 1. The molecule has 0 unspecified atom stereocenters. The quantitative estimate of drug-likeness (QED) is 0.703. The molecular weight excluding hydrogens is 189 g/mol. The van der Waals surface area contributed by atoms with Crippen LogP contribution in [-0.2, 0) is 0 Å². The third kappa shape index (κ3) is 1.08. The van der Waals surface area contributed by atoms with Crippen LogP contribution in [0.15, 0.2) is 18.3 Å². The number of fused-ring (bicyclic) bond motifs is 1. The van der Waals surface area contributed by atoms with Crippen LogP contribution < -0.4 is 5.73 Å². The molecule has 0 saturated heterocycles. The summed E-state index contributed by atoms with van der Waals surface area (Å²) in [4.78, 5) is 14.3. The summed E-state index contributed by atoms with van der Waals surface area (Å²) in [5, 5.41) is 8.69. The lowest BCUT2D eigenvalue weighted by atomic mass is 10.4. The van der Waals surface area contributed by atoms with Crippen molar-refractivity contribution >= 4 is 17.4 Å². The van der Waals surface area contributed by atoms with E-state index >= 15 is 0 Å². The Bertz CT molecular complexity index is 521. The highest BCUT2D eigenvalue weighted by Gasteiger charge is 2.15. The van der Waals surface area contributed by atoms with Crippen LogP contribution in [0.25, 0.3) is 5.65 Å². The number of nitrogen functional groups attached to an aromatic ring is 1. The smallest absolute Gasteiger partial charge is 0.358 e. The SMILES string of the molecule is Nc1c(C(=O)O)nc2cc(F)ccn12. The van der Waals surface area contributed by atoms with E-state index in [-0.39, 0.29) is 17.2 Å². The zero-order valence-electron chi connectivity index (χ0n) is 6.94. The van der Waals surface area contributed by atoms with E-state index in [9.17, 15) is 9.18 Å². The van der Waals surface area contributed by atoms with Crippen molar-refractivity contribution in [1.29, 1.82) is 0 Å². The largest absolute Gasteiger partial charge is 0.476 e. The fourth-order valence-electron chi connectivity index (χ4n) is 1.20. The first-order valence-corrected chi connectivity index (χ1v) is 3.76. The van der Waals surface area contributed by atoms with Gasteiger partial charge in [0, 0.05) is 12.3 Å². The minimum absolute atomic E-state index is 0.00694. The highest BCUT2D eigenvalue weighted by atomic mass is 19.1. The van der Waals surface area contributed by atoms with E-state index in [1.54, 1.807) is 0 Å². The second kappa shape index (κ2) is 2.69. The van der Waals surface area contributed by atoms with Gasteiger partial charge in [0.2, 0.25) is 0 Å². The van der Waals surface area contributed by atoms with E-state index in [2.05, 4.69) is 4.98 Å². The van der Waals surface area contributed by atoms with Gasteiger partial charge in [-0.3, -0.25) is 4.40 Å². The fraction of sp³-hybridized carbons (Fsp3) is 0. The Morgan fingerprint density at radius 1 is 1.64 bits per heavy atom. The number of rotatable bonds is 1. The highest BCUT2D eigenvalue weighted by Crippen LogP contribution is 2.15. The fourth-order valence-corrected chi connectivity index (χ4v) is 1.20. The van der Waals surface area contributed by atoms with Crippen LogP contribution in [0.3, 0.4) is 0 Å². The summed E-state index contributed by atoms with van der Waals surface area (Å²) in [6, 6.07) is 2.29. The molecule has 2 aromatic heterocycles. The molecular formula is C8H6FN3O2. The Balaban J connectivity index is 2.79. The number of imidazole rings is 1.